The molecule has 1 aliphatic heterocycles. The van der Waals surface area contributed by atoms with Gasteiger partial charge in [-0.3, -0.25) is 9.59 Å². The smallest absolute Gasteiger partial charge is 0.250 e. The van der Waals surface area contributed by atoms with Crippen LogP contribution in [0.5, 0.6) is 0 Å². The van der Waals surface area contributed by atoms with Gasteiger partial charge >= 0.3 is 0 Å². The van der Waals surface area contributed by atoms with E-state index >= 15 is 0 Å². The highest BCUT2D eigenvalue weighted by Gasteiger charge is 2.55. The van der Waals surface area contributed by atoms with E-state index < -0.39 is 21.9 Å². The first-order valence-electron chi connectivity index (χ1n) is 3.12. The van der Waals surface area contributed by atoms with Crippen LogP contribution < -0.4 is 16.9 Å². The van der Waals surface area contributed by atoms with Crippen LogP contribution in [-0.4, -0.2) is 25.8 Å². The van der Waals surface area contributed by atoms with Gasteiger partial charge in [-0.25, -0.2) is 5.43 Å². The van der Waals surface area contributed by atoms with Crippen molar-refractivity contribution < 1.29 is 9.59 Å². The van der Waals surface area contributed by atoms with E-state index in [0.29, 0.717) is 0 Å². The fourth-order valence-electron chi connectivity index (χ4n) is 0.881. The molecule has 74 valence electrons. The minimum Gasteiger partial charge on any atom is -0.367 e. The minimum absolute atomic E-state index is 0.681. The van der Waals surface area contributed by atoms with Gasteiger partial charge in [0.05, 0.1) is 0 Å². The zero-order valence-corrected chi connectivity index (χ0v) is 8.90. The second-order valence-corrected chi connectivity index (χ2v) is 4.96. The van der Waals surface area contributed by atoms with E-state index in [-0.39, 0.29) is 0 Å². The molecule has 1 aliphatic rings. The summed E-state index contributed by atoms with van der Waals surface area (Å²) >= 11 is 8.93. The van der Waals surface area contributed by atoms with Gasteiger partial charge in [0.25, 0.3) is 11.8 Å². The number of carbonyl (C=O) groups is 2. The zero-order chi connectivity index (χ0) is 10.2. The van der Waals surface area contributed by atoms with Crippen molar-refractivity contribution in [1.29, 1.82) is 0 Å². The largest absolute Gasteiger partial charge is 0.367 e. The molecule has 2 amide bonds. The molecule has 5 N–H and O–H groups in total. The lowest BCUT2D eigenvalue weighted by Crippen LogP contribution is -2.65. The summed E-state index contributed by atoms with van der Waals surface area (Å²) in [6, 6.07) is 0. The van der Waals surface area contributed by atoms with E-state index in [4.69, 9.17) is 11.5 Å². The maximum Gasteiger partial charge on any atom is 0.250 e. The number of rotatable bonds is 2. The van der Waals surface area contributed by atoms with Gasteiger partial charge in [0.2, 0.25) is 5.54 Å². The molecule has 1 atom stereocenters. The second-order valence-electron chi connectivity index (χ2n) is 2.38. The zero-order valence-electron chi connectivity index (χ0n) is 6.30. The molecule has 0 saturated carbocycles. The average molecular weight is 240 g/mol. The monoisotopic (exact) mass is 240 g/mol. The number of hydrogen-bond donors (Lipinski definition) is 5. The van der Waals surface area contributed by atoms with Gasteiger partial charge in [0, 0.05) is 0 Å². The molecular weight excluding hydrogens is 232 g/mol. The summed E-state index contributed by atoms with van der Waals surface area (Å²) in [5.41, 5.74) is 10.9. The van der Waals surface area contributed by atoms with E-state index in [1.165, 1.54) is 3.82 Å². The molecule has 1 heterocycles. The van der Waals surface area contributed by atoms with E-state index in [1.807, 2.05) is 0 Å². The topological polar surface area (TPSA) is 101 Å². The average Bonchev–Trinajstić information content (AvgIpc) is 2.26. The van der Waals surface area contributed by atoms with Gasteiger partial charge in [-0.15, -0.1) is 3.82 Å². The van der Waals surface area contributed by atoms with Gasteiger partial charge < -0.3 is 11.5 Å². The summed E-state index contributed by atoms with van der Waals surface area (Å²) in [6.45, 7) is 0. The number of nitrogens with two attached hydrogens (primary N) is 2. The molecule has 9 heteroatoms. The number of carbonyl (C=O) groups excluding carboxylic acids is 2. The van der Waals surface area contributed by atoms with Crippen molar-refractivity contribution in [1.82, 2.24) is 9.25 Å². The summed E-state index contributed by atoms with van der Waals surface area (Å²) in [4.78, 5) is 22.1. The third-order valence-corrected chi connectivity index (χ3v) is 3.52. The number of nitrogens with zero attached hydrogens (tertiary/aromatic N) is 1. The lowest BCUT2D eigenvalue weighted by molar-refractivity contribution is -0.134. The molecule has 0 aliphatic carbocycles. The lowest BCUT2D eigenvalue weighted by atomic mass is 10.0. The van der Waals surface area contributed by atoms with E-state index in [0.717, 1.165) is 11.9 Å². The Bertz CT molecular complexity index is 246. The molecule has 1 unspecified atom stereocenters. The quantitative estimate of drug-likeness (QED) is 0.224. The van der Waals surface area contributed by atoms with Gasteiger partial charge in [0.1, 0.15) is 4.58 Å². The third-order valence-electron chi connectivity index (χ3n) is 1.62. The highest BCUT2D eigenvalue weighted by molar-refractivity contribution is 8.13. The van der Waals surface area contributed by atoms with Crippen molar-refractivity contribution in [2.45, 2.75) is 10.1 Å². The molecule has 0 bridgehead atoms. The van der Waals surface area contributed by atoms with Gasteiger partial charge in [-0.1, -0.05) is 12.8 Å². The number of nitrogens with one attached hydrogen (secondary N) is 1. The number of primary amides is 2. The van der Waals surface area contributed by atoms with Crippen molar-refractivity contribution >= 4 is 49.2 Å². The Morgan fingerprint density at radius 2 is 1.92 bits per heavy atom. The Labute approximate surface area is 89.8 Å². The molecule has 6 nitrogen and oxygen atoms in total. The Balaban J connectivity index is 3.05. The predicted octanol–water partition coefficient (Wildman–Crippen LogP) is -1.74. The first-order valence-corrected chi connectivity index (χ1v) is 4.88. The van der Waals surface area contributed by atoms with Crippen LogP contribution in [0.15, 0.2) is 0 Å². The molecule has 0 spiro atoms. The van der Waals surface area contributed by atoms with Crippen LogP contribution in [0.4, 0.5) is 0 Å². The number of amides is 2. The maximum absolute atomic E-state index is 11.1. The standard InChI is InChI=1S/C4H8N4O2S3/c5-1(9)4(2(6)10)3(11)13-8(12)7-4/h3,7,11-12H,(H2,5,9)(H2,6,10). The molecule has 13 heavy (non-hydrogen) atoms. The predicted molar refractivity (Wildman–Crippen MR) is 55.4 cm³/mol. The van der Waals surface area contributed by atoms with Crippen molar-refractivity contribution in [3.8, 4) is 0 Å². The fourth-order valence-corrected chi connectivity index (χ4v) is 2.97. The van der Waals surface area contributed by atoms with Crippen LogP contribution >= 0.6 is 37.4 Å². The van der Waals surface area contributed by atoms with Crippen molar-refractivity contribution in [3.05, 3.63) is 0 Å². The summed E-state index contributed by atoms with van der Waals surface area (Å²) < 4.78 is 0.493. The van der Waals surface area contributed by atoms with Crippen LogP contribution in [0.3, 0.4) is 0 Å². The van der Waals surface area contributed by atoms with Gasteiger partial charge in [-0.05, 0) is 11.9 Å². The number of thiol groups is 2. The highest BCUT2D eigenvalue weighted by Crippen LogP contribution is 2.37. The van der Waals surface area contributed by atoms with Crippen molar-refractivity contribution in [3.63, 3.8) is 0 Å². The third kappa shape index (κ3) is 1.62. The molecular formula is C4H8N4O2S3. The van der Waals surface area contributed by atoms with Crippen LogP contribution in [0.25, 0.3) is 0 Å². The van der Waals surface area contributed by atoms with Crippen LogP contribution in [0.2, 0.25) is 0 Å². The van der Waals surface area contributed by atoms with Gasteiger partial charge in [0.15, 0.2) is 0 Å². The Kier molecular flexibility index (Phi) is 3.02. The van der Waals surface area contributed by atoms with Crippen molar-refractivity contribution in [2.24, 2.45) is 11.5 Å². The number of hydrogen-bond acceptors (Lipinski definition) is 7. The summed E-state index contributed by atoms with van der Waals surface area (Å²) in [5.74, 6) is -1.74. The lowest BCUT2D eigenvalue weighted by Gasteiger charge is -2.23. The second kappa shape index (κ2) is 3.58. The molecule has 1 saturated heterocycles. The molecule has 0 radical (unpaired) electrons. The van der Waals surface area contributed by atoms with Crippen LogP contribution in [-0.2, 0) is 9.59 Å². The Morgan fingerprint density at radius 3 is 2.08 bits per heavy atom. The molecule has 0 aromatic carbocycles. The van der Waals surface area contributed by atoms with E-state index in [1.54, 1.807) is 0 Å². The van der Waals surface area contributed by atoms with E-state index in [2.05, 4.69) is 30.9 Å². The van der Waals surface area contributed by atoms with Gasteiger partial charge in [-0.2, -0.15) is 12.6 Å². The molecule has 0 aromatic rings. The normalized spacial score (nSPS) is 27.4. The fraction of sp³-hybridized carbons (Fsp3) is 0.500. The van der Waals surface area contributed by atoms with E-state index in [9.17, 15) is 9.59 Å². The van der Waals surface area contributed by atoms with Crippen LogP contribution in [0, 0.1) is 0 Å². The Hall–Kier alpha value is -0.0900. The SMILES string of the molecule is NC(=O)C1(C(N)=O)NN(S)SC1S. The molecule has 1 fully saturated rings. The summed E-state index contributed by atoms with van der Waals surface area (Å²) in [5, 5.41) is 0. The van der Waals surface area contributed by atoms with Crippen molar-refractivity contribution in [2.75, 3.05) is 0 Å². The maximum atomic E-state index is 11.1. The number of hydrazine groups is 1. The highest BCUT2D eigenvalue weighted by atomic mass is 32.2. The first kappa shape index (κ1) is 11.0. The minimum atomic E-state index is -1.67. The first-order chi connectivity index (χ1) is 5.91. The summed E-state index contributed by atoms with van der Waals surface area (Å²) in [6.07, 6.45) is 0. The Morgan fingerprint density at radius 1 is 1.46 bits per heavy atom. The molecule has 0 aromatic heterocycles. The molecule has 1 rings (SSSR count). The van der Waals surface area contributed by atoms with Crippen LogP contribution in [0.1, 0.15) is 0 Å². The summed E-state index contributed by atoms with van der Waals surface area (Å²) in [7, 11) is 0.